The van der Waals surface area contributed by atoms with Crippen molar-refractivity contribution in [2.45, 2.75) is 26.4 Å². The minimum atomic E-state index is -1.38. The minimum absolute atomic E-state index is 0.0443. The van der Waals surface area contributed by atoms with Crippen LogP contribution in [-0.2, 0) is 11.3 Å². The first-order valence-corrected chi connectivity index (χ1v) is 12.3. The van der Waals surface area contributed by atoms with E-state index in [0.29, 0.717) is 6.54 Å². The van der Waals surface area contributed by atoms with Crippen molar-refractivity contribution in [3.63, 3.8) is 0 Å². The van der Waals surface area contributed by atoms with Crippen molar-refractivity contribution in [1.82, 2.24) is 19.5 Å². The van der Waals surface area contributed by atoms with E-state index in [1.54, 1.807) is 0 Å². The summed E-state index contributed by atoms with van der Waals surface area (Å²) < 4.78 is 56.1. The molecule has 0 radical (unpaired) electrons. The van der Waals surface area contributed by atoms with Crippen LogP contribution in [-0.4, -0.2) is 79.6 Å². The highest BCUT2D eigenvalue weighted by molar-refractivity contribution is 7.11. The number of unbranched alkanes of at least 4 members (excludes halogenated alkanes) is 1. The summed E-state index contributed by atoms with van der Waals surface area (Å²) in [6, 6.07) is 0.301. The fraction of sp³-hybridized carbons (Fsp3) is 0.522. The van der Waals surface area contributed by atoms with Crippen LogP contribution in [0.1, 0.15) is 34.3 Å². The molecule has 2 heterocycles. The van der Waals surface area contributed by atoms with Gasteiger partial charge in [-0.3, -0.25) is 5.32 Å². The smallest absolute Gasteiger partial charge is 0.346 e. The first-order chi connectivity index (χ1) is 17.2. The lowest BCUT2D eigenvalue weighted by Gasteiger charge is -2.32. The molecular formula is C23H30F3N5O4S. The van der Waals surface area contributed by atoms with Crippen molar-refractivity contribution >= 4 is 28.5 Å². The number of aromatic nitrogens is 1. The number of benzene rings is 1. The summed E-state index contributed by atoms with van der Waals surface area (Å²) in [5.74, 6) is -4.73. The number of piperazine rings is 1. The number of ether oxygens (including phenoxy) is 2. The van der Waals surface area contributed by atoms with E-state index in [4.69, 9.17) is 9.47 Å². The van der Waals surface area contributed by atoms with Crippen LogP contribution in [0.5, 0.6) is 5.88 Å². The molecule has 0 bridgehead atoms. The molecule has 1 aliphatic heterocycles. The van der Waals surface area contributed by atoms with Crippen LogP contribution in [0.3, 0.4) is 0 Å². The number of anilines is 1. The van der Waals surface area contributed by atoms with Crippen LogP contribution in [0.25, 0.3) is 0 Å². The lowest BCUT2D eigenvalue weighted by atomic mass is 10.1. The molecule has 2 amide bonds. The molecular weight excluding hydrogens is 499 g/mol. The number of methoxy groups -OCH3 is 1. The number of carbonyl (C=O) groups is 2. The fourth-order valence-electron chi connectivity index (χ4n) is 3.65. The molecule has 0 atom stereocenters. The summed E-state index contributed by atoms with van der Waals surface area (Å²) in [5.41, 5.74) is -1.04. The van der Waals surface area contributed by atoms with E-state index in [9.17, 15) is 22.8 Å². The molecule has 1 aromatic carbocycles. The maximum atomic E-state index is 14.1. The van der Waals surface area contributed by atoms with E-state index < -0.39 is 41.6 Å². The summed E-state index contributed by atoms with van der Waals surface area (Å²) >= 11 is 0.740. The van der Waals surface area contributed by atoms with Gasteiger partial charge in [-0.05, 0) is 56.5 Å². The molecule has 36 heavy (non-hydrogen) atoms. The SMILES string of the molecule is COC(=O)c1c(OCc2c(F)cc(C)c(F)c2F)nsc1NC(=O)NCCCCN1CCN(C)CC1. The number of nitrogens with one attached hydrogen (secondary N) is 2. The van der Waals surface area contributed by atoms with Crippen LogP contribution in [0.4, 0.5) is 23.0 Å². The summed E-state index contributed by atoms with van der Waals surface area (Å²) in [6.45, 7) is 6.09. The van der Waals surface area contributed by atoms with Gasteiger partial charge in [-0.2, -0.15) is 4.37 Å². The second-order valence-electron chi connectivity index (χ2n) is 8.49. The minimum Gasteiger partial charge on any atom is -0.471 e. The third kappa shape index (κ3) is 7.08. The average molecular weight is 530 g/mol. The number of nitrogens with zero attached hydrogens (tertiary/aromatic N) is 3. The molecule has 0 saturated carbocycles. The van der Waals surface area contributed by atoms with Crippen molar-refractivity contribution in [1.29, 1.82) is 0 Å². The number of carbonyl (C=O) groups excluding carboxylic acids is 2. The number of halogens is 3. The second kappa shape index (κ2) is 12.9. The normalized spacial score (nSPS) is 14.5. The molecule has 2 N–H and O–H groups in total. The van der Waals surface area contributed by atoms with Crippen molar-refractivity contribution in [3.05, 3.63) is 40.2 Å². The highest BCUT2D eigenvalue weighted by Gasteiger charge is 2.26. The fourth-order valence-corrected chi connectivity index (χ4v) is 4.36. The molecule has 2 aromatic rings. The van der Waals surface area contributed by atoms with Crippen LogP contribution in [0.2, 0.25) is 0 Å². The maximum absolute atomic E-state index is 14.1. The Labute approximate surface area is 211 Å². The van der Waals surface area contributed by atoms with Gasteiger partial charge in [0, 0.05) is 32.7 Å². The lowest BCUT2D eigenvalue weighted by molar-refractivity contribution is 0.0596. The Kier molecular flexibility index (Phi) is 9.90. The van der Waals surface area contributed by atoms with Gasteiger partial charge in [0.1, 0.15) is 17.4 Å². The number of hydrogen-bond donors (Lipinski definition) is 2. The quantitative estimate of drug-likeness (QED) is 0.277. The lowest BCUT2D eigenvalue weighted by Crippen LogP contribution is -2.44. The molecule has 1 aliphatic rings. The van der Waals surface area contributed by atoms with E-state index in [1.807, 2.05) is 0 Å². The summed E-state index contributed by atoms with van der Waals surface area (Å²) in [4.78, 5) is 29.3. The highest BCUT2D eigenvalue weighted by Crippen LogP contribution is 2.32. The number of rotatable bonds is 10. The third-order valence-electron chi connectivity index (χ3n) is 5.85. The Balaban J connectivity index is 1.54. The topological polar surface area (TPSA) is 96.0 Å². The van der Waals surface area contributed by atoms with Gasteiger partial charge >= 0.3 is 12.0 Å². The Hall–Kier alpha value is -2.90. The summed E-state index contributed by atoms with van der Waals surface area (Å²) in [5, 5.41) is 5.30. The second-order valence-corrected chi connectivity index (χ2v) is 9.26. The molecule has 3 rings (SSSR count). The Morgan fingerprint density at radius 3 is 2.56 bits per heavy atom. The van der Waals surface area contributed by atoms with Gasteiger partial charge < -0.3 is 24.6 Å². The maximum Gasteiger partial charge on any atom is 0.346 e. The van der Waals surface area contributed by atoms with Gasteiger partial charge in [0.15, 0.2) is 17.2 Å². The van der Waals surface area contributed by atoms with E-state index in [2.05, 4.69) is 31.9 Å². The van der Waals surface area contributed by atoms with Gasteiger partial charge in [-0.1, -0.05) is 0 Å². The number of hydrogen-bond acceptors (Lipinski definition) is 8. The molecule has 0 aliphatic carbocycles. The molecule has 1 fully saturated rings. The van der Waals surface area contributed by atoms with Crippen LogP contribution in [0, 0.1) is 24.4 Å². The molecule has 198 valence electrons. The first-order valence-electron chi connectivity index (χ1n) is 11.5. The molecule has 9 nitrogen and oxygen atoms in total. The van der Waals surface area contributed by atoms with Gasteiger partial charge in [0.2, 0.25) is 5.88 Å². The van der Waals surface area contributed by atoms with E-state index in [1.165, 1.54) is 6.92 Å². The van der Waals surface area contributed by atoms with Gasteiger partial charge in [0.25, 0.3) is 0 Å². The number of amides is 2. The monoisotopic (exact) mass is 529 g/mol. The van der Waals surface area contributed by atoms with E-state index in [-0.39, 0.29) is 22.0 Å². The number of aryl methyl sites for hydroxylation is 1. The number of esters is 1. The van der Waals surface area contributed by atoms with Crippen LogP contribution >= 0.6 is 11.5 Å². The predicted octanol–water partition coefficient (Wildman–Crippen LogP) is 3.38. The Morgan fingerprint density at radius 1 is 1.14 bits per heavy atom. The standard InChI is InChI=1S/C23H30F3N5O4S/c1-14-12-16(24)15(19(26)18(14)25)13-35-20-17(22(32)34-3)21(36-29-20)28-23(33)27-6-4-5-7-31-10-8-30(2)9-11-31/h12H,4-11,13H2,1-3H3,(H2,27,28,33). The van der Waals surface area contributed by atoms with Crippen molar-refractivity contribution in [2.24, 2.45) is 0 Å². The van der Waals surface area contributed by atoms with E-state index in [0.717, 1.165) is 70.3 Å². The number of urea groups is 1. The van der Waals surface area contributed by atoms with Crippen LogP contribution in [0.15, 0.2) is 6.07 Å². The zero-order chi connectivity index (χ0) is 26.2. The predicted molar refractivity (Wildman–Crippen MR) is 129 cm³/mol. The summed E-state index contributed by atoms with van der Waals surface area (Å²) in [6.07, 6.45) is 1.72. The van der Waals surface area contributed by atoms with E-state index >= 15 is 0 Å². The van der Waals surface area contributed by atoms with Gasteiger partial charge in [0.05, 0.1) is 12.7 Å². The third-order valence-corrected chi connectivity index (χ3v) is 6.59. The van der Waals surface area contributed by atoms with Gasteiger partial charge in [-0.25, -0.2) is 22.8 Å². The highest BCUT2D eigenvalue weighted by atomic mass is 32.1. The Bertz CT molecular complexity index is 1080. The summed E-state index contributed by atoms with van der Waals surface area (Å²) in [7, 11) is 3.23. The zero-order valence-electron chi connectivity index (χ0n) is 20.5. The Morgan fingerprint density at radius 2 is 1.86 bits per heavy atom. The molecule has 0 unspecified atom stereocenters. The zero-order valence-corrected chi connectivity index (χ0v) is 21.3. The van der Waals surface area contributed by atoms with Crippen molar-refractivity contribution in [2.75, 3.05) is 58.7 Å². The average Bonchev–Trinajstić information content (AvgIpc) is 3.25. The molecule has 0 spiro atoms. The van der Waals surface area contributed by atoms with Gasteiger partial charge in [-0.15, -0.1) is 0 Å². The van der Waals surface area contributed by atoms with Crippen molar-refractivity contribution in [3.8, 4) is 5.88 Å². The largest absolute Gasteiger partial charge is 0.471 e. The molecule has 1 aromatic heterocycles. The number of likely N-dealkylation sites (N-methyl/N-ethyl adjacent to an activating group) is 1. The first kappa shape index (κ1) is 27.7. The molecule has 1 saturated heterocycles. The molecule has 13 heteroatoms. The van der Waals surface area contributed by atoms with Crippen LogP contribution < -0.4 is 15.4 Å². The van der Waals surface area contributed by atoms with Crippen molar-refractivity contribution < 1.29 is 32.2 Å².